The largest absolute Gasteiger partial charge is 0.389 e. The molecule has 0 spiro atoms. The van der Waals surface area contributed by atoms with E-state index in [-0.39, 0.29) is 11.9 Å². The Morgan fingerprint density at radius 3 is 2.48 bits per heavy atom. The second kappa shape index (κ2) is 9.87. The summed E-state index contributed by atoms with van der Waals surface area (Å²) in [6.45, 7) is 7.88. The van der Waals surface area contributed by atoms with Gasteiger partial charge in [-0.05, 0) is 43.4 Å². The smallest absolute Gasteiger partial charge is 0.123 e. The van der Waals surface area contributed by atoms with Crippen molar-refractivity contribution in [3.63, 3.8) is 0 Å². The van der Waals surface area contributed by atoms with Gasteiger partial charge in [0.2, 0.25) is 0 Å². The van der Waals surface area contributed by atoms with Crippen LogP contribution in [0.3, 0.4) is 0 Å². The number of ether oxygens (including phenoxy) is 1. The molecular formula is C17H28FNO2. The Morgan fingerprint density at radius 2 is 1.86 bits per heavy atom. The number of hydrogen-bond donors (Lipinski definition) is 2. The van der Waals surface area contributed by atoms with Crippen LogP contribution in [-0.4, -0.2) is 31.0 Å². The molecule has 1 aromatic carbocycles. The summed E-state index contributed by atoms with van der Waals surface area (Å²) in [5.74, 6) is 0.456. The monoisotopic (exact) mass is 297 g/mol. The van der Waals surface area contributed by atoms with Crippen molar-refractivity contribution in [3.05, 3.63) is 35.6 Å². The molecule has 1 aromatic rings. The van der Waals surface area contributed by atoms with Crippen LogP contribution < -0.4 is 5.32 Å². The predicted molar refractivity (Wildman–Crippen MR) is 83.7 cm³/mol. The highest BCUT2D eigenvalue weighted by Crippen LogP contribution is 2.12. The molecule has 1 rings (SSSR count). The molecule has 0 aromatic heterocycles. The van der Waals surface area contributed by atoms with Gasteiger partial charge in [-0.25, -0.2) is 4.39 Å². The van der Waals surface area contributed by atoms with E-state index in [4.69, 9.17) is 4.74 Å². The summed E-state index contributed by atoms with van der Waals surface area (Å²) in [5, 5.41) is 13.1. The van der Waals surface area contributed by atoms with Gasteiger partial charge >= 0.3 is 0 Å². The minimum atomic E-state index is -0.521. The lowest BCUT2D eigenvalue weighted by Crippen LogP contribution is -2.32. The van der Waals surface area contributed by atoms with E-state index in [1.807, 2.05) is 6.92 Å². The van der Waals surface area contributed by atoms with Crippen molar-refractivity contribution < 1.29 is 14.2 Å². The Hall–Kier alpha value is -0.970. The van der Waals surface area contributed by atoms with Crippen LogP contribution in [0.5, 0.6) is 0 Å². The fourth-order valence-corrected chi connectivity index (χ4v) is 2.05. The van der Waals surface area contributed by atoms with Gasteiger partial charge < -0.3 is 15.2 Å². The third kappa shape index (κ3) is 8.15. The van der Waals surface area contributed by atoms with Crippen molar-refractivity contribution in [3.8, 4) is 0 Å². The summed E-state index contributed by atoms with van der Waals surface area (Å²) in [7, 11) is 0. The zero-order valence-electron chi connectivity index (χ0n) is 13.3. The number of rotatable bonds is 10. The summed E-state index contributed by atoms with van der Waals surface area (Å²) in [4.78, 5) is 0. The number of aliphatic hydroxyl groups is 1. The average Bonchev–Trinajstić information content (AvgIpc) is 2.44. The lowest BCUT2D eigenvalue weighted by atomic mass is 10.1. The van der Waals surface area contributed by atoms with Crippen LogP contribution in [0.25, 0.3) is 0 Å². The van der Waals surface area contributed by atoms with Gasteiger partial charge in [-0.3, -0.25) is 0 Å². The van der Waals surface area contributed by atoms with E-state index in [0.717, 1.165) is 18.4 Å². The van der Waals surface area contributed by atoms with Crippen LogP contribution in [0.4, 0.5) is 4.39 Å². The van der Waals surface area contributed by atoms with E-state index >= 15 is 0 Å². The molecule has 0 fully saturated rings. The molecule has 0 amide bonds. The Bertz CT molecular complexity index is 381. The first-order valence-electron chi connectivity index (χ1n) is 7.73. The molecule has 0 aliphatic carbocycles. The molecule has 0 aliphatic rings. The Kier molecular flexibility index (Phi) is 8.50. The van der Waals surface area contributed by atoms with Crippen molar-refractivity contribution in [2.75, 3.05) is 19.8 Å². The van der Waals surface area contributed by atoms with Gasteiger partial charge in [0.1, 0.15) is 5.82 Å². The summed E-state index contributed by atoms with van der Waals surface area (Å²) in [5.41, 5.74) is 1.00. The Labute approximate surface area is 127 Å². The summed E-state index contributed by atoms with van der Waals surface area (Å²) in [6, 6.07) is 6.47. The zero-order valence-corrected chi connectivity index (χ0v) is 13.3. The van der Waals surface area contributed by atoms with Gasteiger partial charge in [0.25, 0.3) is 0 Å². The van der Waals surface area contributed by atoms with Gasteiger partial charge in [0.05, 0.1) is 12.7 Å². The first-order valence-corrected chi connectivity index (χ1v) is 7.73. The molecule has 3 nitrogen and oxygen atoms in total. The van der Waals surface area contributed by atoms with Crippen LogP contribution in [0.1, 0.15) is 45.2 Å². The van der Waals surface area contributed by atoms with Crippen molar-refractivity contribution in [2.24, 2.45) is 5.92 Å². The molecule has 0 radical (unpaired) electrons. The molecule has 2 atom stereocenters. The molecule has 120 valence electrons. The molecule has 0 saturated carbocycles. The topological polar surface area (TPSA) is 41.5 Å². The molecule has 0 aliphatic heterocycles. The van der Waals surface area contributed by atoms with Crippen LogP contribution in [-0.2, 0) is 4.74 Å². The lowest BCUT2D eigenvalue weighted by molar-refractivity contribution is 0.0337. The number of aliphatic hydroxyl groups excluding tert-OH is 1. The predicted octanol–water partition coefficient (Wildman–Crippen LogP) is 3.29. The van der Waals surface area contributed by atoms with Crippen molar-refractivity contribution in [2.45, 2.75) is 45.8 Å². The standard InChI is InChI=1S/C17H28FNO2/c1-13(2)5-4-10-21-12-17(20)11-19-14(3)15-6-8-16(18)9-7-15/h6-9,13-14,17,19-20H,4-5,10-12H2,1-3H3/t14-,17?/m1/s1. The summed E-state index contributed by atoms with van der Waals surface area (Å²) < 4.78 is 18.3. The lowest BCUT2D eigenvalue weighted by Gasteiger charge is -2.17. The minimum absolute atomic E-state index is 0.0705. The first kappa shape index (κ1) is 18.1. The van der Waals surface area contributed by atoms with Crippen molar-refractivity contribution >= 4 is 0 Å². The Morgan fingerprint density at radius 1 is 1.19 bits per heavy atom. The van der Waals surface area contributed by atoms with Crippen LogP contribution in [0.15, 0.2) is 24.3 Å². The average molecular weight is 297 g/mol. The minimum Gasteiger partial charge on any atom is -0.389 e. The molecule has 0 saturated heterocycles. The van der Waals surface area contributed by atoms with E-state index in [9.17, 15) is 9.50 Å². The van der Waals surface area contributed by atoms with E-state index < -0.39 is 6.10 Å². The normalized spacial score (nSPS) is 14.4. The number of hydrogen-bond acceptors (Lipinski definition) is 3. The highest BCUT2D eigenvalue weighted by atomic mass is 19.1. The third-order valence-corrected chi connectivity index (χ3v) is 3.41. The van der Waals surface area contributed by atoms with Crippen molar-refractivity contribution in [1.29, 1.82) is 0 Å². The SMILES string of the molecule is CC(C)CCCOCC(O)CN[C@H](C)c1ccc(F)cc1. The third-order valence-electron chi connectivity index (χ3n) is 3.41. The van der Waals surface area contributed by atoms with Gasteiger partial charge in [-0.2, -0.15) is 0 Å². The zero-order chi connectivity index (χ0) is 15.7. The van der Waals surface area contributed by atoms with Crippen molar-refractivity contribution in [1.82, 2.24) is 5.32 Å². The van der Waals surface area contributed by atoms with Crippen LogP contribution in [0, 0.1) is 11.7 Å². The second-order valence-corrected chi connectivity index (χ2v) is 5.95. The summed E-state index contributed by atoms with van der Waals surface area (Å²) >= 11 is 0. The number of nitrogens with one attached hydrogen (secondary N) is 1. The quantitative estimate of drug-likeness (QED) is 0.651. The maximum Gasteiger partial charge on any atom is 0.123 e. The Balaban J connectivity index is 2.14. The van der Waals surface area contributed by atoms with Crippen LogP contribution >= 0.6 is 0 Å². The molecule has 0 bridgehead atoms. The van der Waals surface area contributed by atoms with Gasteiger partial charge in [-0.1, -0.05) is 26.0 Å². The van der Waals surface area contributed by atoms with E-state index in [1.54, 1.807) is 12.1 Å². The van der Waals surface area contributed by atoms with E-state index in [2.05, 4.69) is 19.2 Å². The van der Waals surface area contributed by atoms with Crippen LogP contribution in [0.2, 0.25) is 0 Å². The molecule has 21 heavy (non-hydrogen) atoms. The van der Waals surface area contributed by atoms with Gasteiger partial charge in [-0.15, -0.1) is 0 Å². The summed E-state index contributed by atoms with van der Waals surface area (Å²) in [6.07, 6.45) is 1.66. The maximum atomic E-state index is 12.8. The second-order valence-electron chi connectivity index (χ2n) is 5.95. The molecule has 2 N–H and O–H groups in total. The van der Waals surface area contributed by atoms with E-state index in [1.165, 1.54) is 12.1 Å². The fourth-order valence-electron chi connectivity index (χ4n) is 2.05. The fraction of sp³-hybridized carbons (Fsp3) is 0.647. The number of benzene rings is 1. The molecule has 0 heterocycles. The van der Waals surface area contributed by atoms with E-state index in [0.29, 0.717) is 25.7 Å². The maximum absolute atomic E-state index is 12.8. The first-order chi connectivity index (χ1) is 9.99. The molecule has 1 unspecified atom stereocenters. The number of halogens is 1. The highest BCUT2D eigenvalue weighted by molar-refractivity contribution is 5.19. The highest BCUT2D eigenvalue weighted by Gasteiger charge is 2.09. The van der Waals surface area contributed by atoms with Gasteiger partial charge in [0.15, 0.2) is 0 Å². The van der Waals surface area contributed by atoms with Gasteiger partial charge in [0, 0.05) is 19.2 Å². The molecule has 4 heteroatoms. The molecular weight excluding hydrogens is 269 g/mol.